The Bertz CT molecular complexity index is 1460. The summed E-state index contributed by atoms with van der Waals surface area (Å²) in [6.45, 7) is 2.15. The molecule has 1 saturated heterocycles. The van der Waals surface area contributed by atoms with Gasteiger partial charge in [0.15, 0.2) is 10.1 Å². The number of piperidine rings is 1. The van der Waals surface area contributed by atoms with Gasteiger partial charge in [0.25, 0.3) is 5.91 Å². The van der Waals surface area contributed by atoms with E-state index in [9.17, 15) is 9.59 Å². The Morgan fingerprint density at radius 2 is 2.00 bits per heavy atom. The second kappa shape index (κ2) is 9.46. The van der Waals surface area contributed by atoms with Gasteiger partial charge in [0.2, 0.25) is 5.88 Å². The van der Waals surface area contributed by atoms with Crippen molar-refractivity contribution < 1.29 is 14.3 Å². The number of benzene rings is 1. The molecule has 4 aromatic rings. The Labute approximate surface area is 222 Å². The summed E-state index contributed by atoms with van der Waals surface area (Å²) >= 11 is 3.01. The molecule has 11 heteroatoms. The number of nitrogens with one attached hydrogen (secondary N) is 1. The van der Waals surface area contributed by atoms with Gasteiger partial charge in [0.05, 0.1) is 10.9 Å². The van der Waals surface area contributed by atoms with Crippen LogP contribution in [0.5, 0.6) is 5.88 Å². The molecule has 37 heavy (non-hydrogen) atoms. The van der Waals surface area contributed by atoms with Crippen LogP contribution in [0.1, 0.15) is 35.4 Å². The van der Waals surface area contributed by atoms with Crippen LogP contribution in [0.2, 0.25) is 0 Å². The molecule has 3 aromatic heterocycles. The number of fused-ring (bicyclic) bond motifs is 3. The number of aromatic nitrogens is 3. The van der Waals surface area contributed by atoms with Gasteiger partial charge >= 0.3 is 6.09 Å². The summed E-state index contributed by atoms with van der Waals surface area (Å²) in [5.41, 5.74) is 2.12. The average Bonchev–Trinajstić information content (AvgIpc) is 3.70. The highest BCUT2D eigenvalue weighted by molar-refractivity contribution is 7.19. The minimum atomic E-state index is -0.542. The maximum atomic E-state index is 14.0. The van der Waals surface area contributed by atoms with Gasteiger partial charge < -0.3 is 19.9 Å². The predicted molar refractivity (Wildman–Crippen MR) is 145 cm³/mol. The van der Waals surface area contributed by atoms with E-state index in [-0.39, 0.29) is 18.0 Å². The van der Waals surface area contributed by atoms with Gasteiger partial charge in [-0.2, -0.15) is 0 Å². The van der Waals surface area contributed by atoms with E-state index in [0.717, 1.165) is 39.8 Å². The molecule has 1 saturated carbocycles. The van der Waals surface area contributed by atoms with E-state index in [1.165, 1.54) is 22.7 Å². The molecular formula is C26H28N6O3S2. The summed E-state index contributed by atoms with van der Waals surface area (Å²) in [4.78, 5) is 41.5. The van der Waals surface area contributed by atoms with Gasteiger partial charge in [0.1, 0.15) is 11.4 Å². The lowest BCUT2D eigenvalue weighted by atomic mass is 9.98. The predicted octanol–water partition coefficient (Wildman–Crippen LogP) is 4.68. The molecule has 1 aliphatic carbocycles. The van der Waals surface area contributed by atoms with Crippen molar-refractivity contribution in [2.75, 3.05) is 25.5 Å². The van der Waals surface area contributed by atoms with E-state index >= 15 is 0 Å². The van der Waals surface area contributed by atoms with Gasteiger partial charge in [0, 0.05) is 38.3 Å². The van der Waals surface area contributed by atoms with E-state index in [1.54, 1.807) is 4.40 Å². The normalized spacial score (nSPS) is 20.5. The van der Waals surface area contributed by atoms with Crippen LogP contribution < -0.4 is 15.0 Å². The smallest absolute Gasteiger partial charge is 0.391 e. The van der Waals surface area contributed by atoms with Crippen molar-refractivity contribution in [3.63, 3.8) is 0 Å². The molecule has 3 atom stereocenters. The lowest BCUT2D eigenvalue weighted by Gasteiger charge is -2.35. The third-order valence-corrected chi connectivity index (χ3v) is 9.27. The Hall–Kier alpha value is -3.44. The molecule has 0 radical (unpaired) electrons. The number of ether oxygens (including phenoxy) is 1. The van der Waals surface area contributed by atoms with E-state index in [4.69, 9.17) is 9.72 Å². The molecule has 1 aliphatic heterocycles. The number of thiazole rings is 2. The minimum absolute atomic E-state index is 0.0674. The van der Waals surface area contributed by atoms with Crippen LogP contribution in [0.25, 0.3) is 15.4 Å². The number of nitrogens with zero attached hydrogens (tertiary/aromatic N) is 5. The number of carbonyl (C=O) groups is 2. The minimum Gasteiger partial charge on any atom is -0.391 e. The van der Waals surface area contributed by atoms with Crippen LogP contribution >= 0.6 is 22.7 Å². The van der Waals surface area contributed by atoms with Crippen molar-refractivity contribution in [1.29, 1.82) is 0 Å². The van der Waals surface area contributed by atoms with Gasteiger partial charge in [-0.3, -0.25) is 9.20 Å². The van der Waals surface area contributed by atoms with Crippen molar-refractivity contribution in [1.82, 2.24) is 24.6 Å². The first kappa shape index (κ1) is 23.9. The second-order valence-electron chi connectivity index (χ2n) is 9.77. The lowest BCUT2D eigenvalue weighted by Crippen LogP contribution is -2.50. The zero-order chi connectivity index (χ0) is 25.7. The van der Waals surface area contributed by atoms with E-state index in [2.05, 4.69) is 10.3 Å². The number of hydrogen-bond donors (Lipinski definition) is 1. The molecule has 4 heterocycles. The maximum Gasteiger partial charge on any atom is 0.414 e. The number of imidazole rings is 1. The molecule has 0 unspecified atom stereocenters. The fourth-order valence-electron chi connectivity index (χ4n) is 5.53. The topological polar surface area (TPSA) is 92.1 Å². The molecule has 1 N–H and O–H groups in total. The first-order valence-electron chi connectivity index (χ1n) is 12.3. The molecule has 2 amide bonds. The van der Waals surface area contributed by atoms with E-state index < -0.39 is 6.09 Å². The van der Waals surface area contributed by atoms with Crippen molar-refractivity contribution >= 4 is 44.8 Å². The summed E-state index contributed by atoms with van der Waals surface area (Å²) < 4.78 is 7.39. The molecule has 2 fully saturated rings. The number of hydrogen-bond acceptors (Lipinski definition) is 8. The van der Waals surface area contributed by atoms with Gasteiger partial charge in [-0.1, -0.05) is 41.7 Å². The van der Waals surface area contributed by atoms with Crippen molar-refractivity contribution in [2.45, 2.75) is 38.3 Å². The number of likely N-dealkylation sites (tertiary alicyclic amines) is 1. The SMILES string of the molecule is Cc1nc2sccn2c1OC(=O)NC[C@@H]1[C@H]2CC[C@H](C2)N1C(=O)c1nc(N(C)C)sc1-c1ccccc1. The quantitative estimate of drug-likeness (QED) is 0.385. The Balaban J connectivity index is 1.22. The van der Waals surface area contributed by atoms with Crippen molar-refractivity contribution in [3.8, 4) is 16.3 Å². The monoisotopic (exact) mass is 536 g/mol. The number of aryl methyl sites for hydroxylation is 1. The molecule has 1 aromatic carbocycles. The lowest BCUT2D eigenvalue weighted by molar-refractivity contribution is 0.0586. The van der Waals surface area contributed by atoms with Gasteiger partial charge in [-0.15, -0.1) is 11.3 Å². The van der Waals surface area contributed by atoms with E-state index in [1.807, 2.05) is 72.7 Å². The summed E-state index contributed by atoms with van der Waals surface area (Å²) in [6, 6.07) is 10.0. The molecular weight excluding hydrogens is 508 g/mol. The molecule has 0 spiro atoms. The fraction of sp³-hybridized carbons (Fsp3) is 0.385. The maximum absolute atomic E-state index is 14.0. The zero-order valence-electron chi connectivity index (χ0n) is 20.9. The standard InChI is InChI=1S/C26H28N6O3S2/c1-15-23(31-11-12-36-25(31)28-15)35-26(34)27-14-19-17-9-10-18(13-17)32(19)22(33)20-21(16-7-5-4-6-8-16)37-24(29-20)30(2)3/h4-8,11-12,17-19H,9-10,13-14H2,1-3H3,(H,27,34)/t17-,18+,19+/m0/s1. The molecule has 2 bridgehead atoms. The summed E-state index contributed by atoms with van der Waals surface area (Å²) in [6.07, 6.45) is 4.28. The molecule has 192 valence electrons. The van der Waals surface area contributed by atoms with Crippen LogP contribution in [0.4, 0.5) is 9.93 Å². The summed E-state index contributed by atoms with van der Waals surface area (Å²) in [5.74, 6) is 0.699. The fourth-order valence-corrected chi connectivity index (χ4v) is 7.27. The highest BCUT2D eigenvalue weighted by atomic mass is 32.1. The Morgan fingerprint density at radius 1 is 1.19 bits per heavy atom. The molecule has 9 nitrogen and oxygen atoms in total. The Kier molecular flexibility index (Phi) is 6.12. The number of carbonyl (C=O) groups excluding carboxylic acids is 2. The number of rotatable bonds is 6. The van der Waals surface area contributed by atoms with Crippen molar-refractivity contribution in [2.24, 2.45) is 5.92 Å². The number of anilines is 1. The first-order chi connectivity index (χ1) is 17.9. The van der Waals surface area contributed by atoms with Crippen LogP contribution in [0.3, 0.4) is 0 Å². The third-order valence-electron chi connectivity index (χ3n) is 7.24. The average molecular weight is 537 g/mol. The highest BCUT2D eigenvalue weighted by Crippen LogP contribution is 2.44. The van der Waals surface area contributed by atoms with Gasteiger partial charge in [-0.25, -0.2) is 14.8 Å². The van der Waals surface area contributed by atoms with E-state index in [0.29, 0.717) is 29.7 Å². The third kappa shape index (κ3) is 4.25. The van der Waals surface area contributed by atoms with Crippen LogP contribution in [-0.4, -0.2) is 64.0 Å². The first-order valence-corrected chi connectivity index (χ1v) is 14.0. The Morgan fingerprint density at radius 3 is 2.78 bits per heavy atom. The second-order valence-corrected chi connectivity index (χ2v) is 11.6. The summed E-state index contributed by atoms with van der Waals surface area (Å²) in [5, 5.41) is 5.61. The van der Waals surface area contributed by atoms with Gasteiger partial charge in [-0.05, 0) is 37.7 Å². The highest BCUT2D eigenvalue weighted by Gasteiger charge is 2.49. The zero-order valence-corrected chi connectivity index (χ0v) is 22.5. The van der Waals surface area contributed by atoms with Crippen LogP contribution in [0.15, 0.2) is 41.9 Å². The van der Waals surface area contributed by atoms with Crippen LogP contribution in [0, 0.1) is 12.8 Å². The van der Waals surface area contributed by atoms with Crippen molar-refractivity contribution in [3.05, 3.63) is 53.3 Å². The number of amides is 2. The summed E-state index contributed by atoms with van der Waals surface area (Å²) in [7, 11) is 3.87. The molecule has 2 aliphatic rings. The largest absolute Gasteiger partial charge is 0.414 e. The molecule has 6 rings (SSSR count). The van der Waals surface area contributed by atoms with Crippen LogP contribution in [-0.2, 0) is 0 Å².